The van der Waals surface area contributed by atoms with E-state index in [-0.39, 0.29) is 17.1 Å². The first-order valence-electron chi connectivity index (χ1n) is 11.5. The number of aromatic amines is 2. The van der Waals surface area contributed by atoms with E-state index in [0.29, 0.717) is 28.1 Å². The largest absolute Gasteiger partial charge is 0.383 e. The van der Waals surface area contributed by atoms with Crippen molar-refractivity contribution >= 4 is 22.6 Å². The second-order valence-electron chi connectivity index (χ2n) is 8.70. The van der Waals surface area contributed by atoms with Crippen LogP contribution in [0.25, 0.3) is 39.1 Å². The highest BCUT2D eigenvalue weighted by atomic mass is 19.1. The van der Waals surface area contributed by atoms with Gasteiger partial charge in [-0.25, -0.2) is 18.4 Å². The molecule has 0 radical (unpaired) electrons. The number of nitrogens with zero attached hydrogens (tertiary/aromatic N) is 3. The highest BCUT2D eigenvalue weighted by Crippen LogP contribution is 2.34. The molecule has 3 aromatic heterocycles. The number of hydrogen-bond acceptors (Lipinski definition) is 4. The maximum atomic E-state index is 14.0. The van der Waals surface area contributed by atoms with E-state index in [9.17, 15) is 13.6 Å². The predicted octanol–water partition coefficient (Wildman–Crippen LogP) is 5.81. The molecular formula is C28H20F2N6O. The van der Waals surface area contributed by atoms with E-state index >= 15 is 0 Å². The summed E-state index contributed by atoms with van der Waals surface area (Å²) in [6.07, 6.45) is 1.40. The lowest BCUT2D eigenvalue weighted by Crippen LogP contribution is -2.07. The fraction of sp³-hybridized carbons (Fsp3) is 0.0357. The molecule has 0 atom stereocenters. The lowest BCUT2D eigenvalue weighted by molar-refractivity contribution is 0.103. The topological polar surface area (TPSA) is 105 Å². The Kier molecular flexibility index (Phi) is 5.19. The number of nitrogens with two attached hydrogens (primary N) is 1. The molecule has 0 aliphatic rings. The van der Waals surface area contributed by atoms with Gasteiger partial charge in [-0.3, -0.25) is 4.79 Å². The second kappa shape index (κ2) is 8.56. The zero-order chi connectivity index (χ0) is 25.7. The van der Waals surface area contributed by atoms with Gasteiger partial charge in [0.2, 0.25) is 5.78 Å². The molecule has 7 nitrogen and oxygen atoms in total. The highest BCUT2D eigenvalue weighted by Gasteiger charge is 2.23. The van der Waals surface area contributed by atoms with Crippen molar-refractivity contribution in [1.82, 2.24) is 24.7 Å². The van der Waals surface area contributed by atoms with Gasteiger partial charge in [0, 0.05) is 11.1 Å². The fourth-order valence-corrected chi connectivity index (χ4v) is 4.47. The third-order valence-corrected chi connectivity index (χ3v) is 6.19. The van der Waals surface area contributed by atoms with Crippen LogP contribution >= 0.6 is 0 Å². The molecule has 0 aliphatic carbocycles. The van der Waals surface area contributed by atoms with Crippen LogP contribution in [-0.2, 0) is 0 Å². The molecule has 37 heavy (non-hydrogen) atoms. The van der Waals surface area contributed by atoms with Crippen LogP contribution in [0.3, 0.4) is 0 Å². The number of carbonyl (C=O) groups excluding carboxylic acids is 1. The molecule has 0 fully saturated rings. The van der Waals surface area contributed by atoms with E-state index in [2.05, 4.69) is 20.1 Å². The van der Waals surface area contributed by atoms with Gasteiger partial charge in [-0.1, -0.05) is 24.3 Å². The summed E-state index contributed by atoms with van der Waals surface area (Å²) in [7, 11) is 0. The van der Waals surface area contributed by atoms with Crippen molar-refractivity contribution in [2.24, 2.45) is 0 Å². The number of nitrogen functional groups attached to an aromatic ring is 1. The Hall–Kier alpha value is -5.05. The number of aryl methyl sites for hydroxylation is 1. The molecule has 9 heteroatoms. The number of anilines is 1. The van der Waals surface area contributed by atoms with Gasteiger partial charge in [0.25, 0.3) is 0 Å². The van der Waals surface area contributed by atoms with Crippen molar-refractivity contribution in [1.29, 1.82) is 0 Å². The molecule has 0 saturated heterocycles. The molecule has 6 aromatic rings. The Morgan fingerprint density at radius 2 is 1.65 bits per heavy atom. The number of ketones is 1. The Morgan fingerprint density at radius 3 is 2.41 bits per heavy atom. The van der Waals surface area contributed by atoms with Gasteiger partial charge >= 0.3 is 0 Å². The molecule has 0 unspecified atom stereocenters. The van der Waals surface area contributed by atoms with Gasteiger partial charge in [0.15, 0.2) is 0 Å². The molecular weight excluding hydrogens is 474 g/mol. The summed E-state index contributed by atoms with van der Waals surface area (Å²) in [5.74, 6) is -0.316. The molecule has 0 spiro atoms. The number of hydrogen-bond donors (Lipinski definition) is 3. The predicted molar refractivity (Wildman–Crippen MR) is 137 cm³/mol. The van der Waals surface area contributed by atoms with E-state index in [1.54, 1.807) is 30.3 Å². The molecule has 0 saturated carbocycles. The van der Waals surface area contributed by atoms with Gasteiger partial charge in [0.1, 0.15) is 23.3 Å². The molecule has 3 aromatic carbocycles. The van der Waals surface area contributed by atoms with Crippen LogP contribution in [-0.4, -0.2) is 30.5 Å². The summed E-state index contributed by atoms with van der Waals surface area (Å²) < 4.78 is 29.5. The number of fused-ring (bicyclic) bond motifs is 1. The summed E-state index contributed by atoms with van der Waals surface area (Å²) >= 11 is 0. The first kappa shape index (κ1) is 22.4. The Balaban J connectivity index is 1.43. The minimum Gasteiger partial charge on any atom is -0.383 e. The van der Waals surface area contributed by atoms with Crippen molar-refractivity contribution in [3.05, 3.63) is 108 Å². The molecule has 182 valence electrons. The van der Waals surface area contributed by atoms with Crippen molar-refractivity contribution in [2.75, 3.05) is 5.73 Å². The first-order valence-corrected chi connectivity index (χ1v) is 11.5. The summed E-state index contributed by atoms with van der Waals surface area (Å²) in [5, 5.41) is 4.33. The van der Waals surface area contributed by atoms with Crippen LogP contribution in [0, 0.1) is 18.6 Å². The van der Waals surface area contributed by atoms with E-state index in [1.807, 2.05) is 25.1 Å². The SMILES string of the molecule is Cc1nc2cc(-n3ncc(C(=O)c4cc(-c5cccc(F)c5)c(-c5cccc(F)c5)[nH]4)c3N)ccc2[nH]1. The monoisotopic (exact) mass is 494 g/mol. The summed E-state index contributed by atoms with van der Waals surface area (Å²) in [4.78, 5) is 24.3. The Morgan fingerprint density at radius 1 is 0.919 bits per heavy atom. The number of halogens is 2. The van der Waals surface area contributed by atoms with Crippen molar-refractivity contribution in [3.63, 3.8) is 0 Å². The normalized spacial score (nSPS) is 11.3. The van der Waals surface area contributed by atoms with Gasteiger partial charge in [0.05, 0.1) is 39.9 Å². The van der Waals surface area contributed by atoms with Gasteiger partial charge in [-0.05, 0) is 61.0 Å². The standard InChI is InChI=1S/C28H20F2N6O/c1-15-33-23-9-8-20(12-24(23)34-15)36-28(31)22(14-32-36)27(37)25-13-21(16-4-2-6-18(29)10-16)26(35-25)17-5-3-7-19(30)11-17/h2-14,35H,31H2,1H3,(H,33,34). The second-order valence-corrected chi connectivity index (χ2v) is 8.70. The smallest absolute Gasteiger partial charge is 0.214 e. The average molecular weight is 495 g/mol. The minimum atomic E-state index is -0.431. The molecule has 0 aliphatic heterocycles. The number of rotatable bonds is 5. The zero-order valence-corrected chi connectivity index (χ0v) is 19.6. The van der Waals surface area contributed by atoms with E-state index in [4.69, 9.17) is 5.73 Å². The number of H-pyrrole nitrogens is 2. The highest BCUT2D eigenvalue weighted by molar-refractivity contribution is 6.12. The van der Waals surface area contributed by atoms with E-state index in [1.165, 1.54) is 35.1 Å². The van der Waals surface area contributed by atoms with E-state index < -0.39 is 17.4 Å². The lowest BCUT2D eigenvalue weighted by Gasteiger charge is -2.05. The van der Waals surface area contributed by atoms with Gasteiger partial charge in [-0.15, -0.1) is 0 Å². The average Bonchev–Trinajstić information content (AvgIpc) is 3.59. The molecule has 6 rings (SSSR count). The number of nitrogens with one attached hydrogen (secondary N) is 2. The van der Waals surface area contributed by atoms with Crippen LogP contribution in [0.4, 0.5) is 14.6 Å². The quantitative estimate of drug-likeness (QED) is 0.263. The fourth-order valence-electron chi connectivity index (χ4n) is 4.47. The summed E-state index contributed by atoms with van der Waals surface area (Å²) in [5.41, 5.74) is 11.2. The molecule has 0 amide bonds. The number of aromatic nitrogens is 5. The molecule has 3 heterocycles. The summed E-state index contributed by atoms with van der Waals surface area (Å²) in [6, 6.07) is 19.1. The van der Waals surface area contributed by atoms with Crippen molar-refractivity contribution in [2.45, 2.75) is 6.92 Å². The molecule has 0 bridgehead atoms. The summed E-state index contributed by atoms with van der Waals surface area (Å²) in [6.45, 7) is 1.87. The van der Waals surface area contributed by atoms with Crippen molar-refractivity contribution in [3.8, 4) is 28.1 Å². The minimum absolute atomic E-state index is 0.158. The van der Waals surface area contributed by atoms with Crippen LogP contribution in [0.2, 0.25) is 0 Å². The Bertz CT molecular complexity index is 1750. The number of imidazole rings is 1. The zero-order valence-electron chi connectivity index (χ0n) is 19.6. The maximum Gasteiger partial charge on any atom is 0.214 e. The van der Waals surface area contributed by atoms with E-state index in [0.717, 1.165) is 16.9 Å². The van der Waals surface area contributed by atoms with Gasteiger partial charge in [-0.2, -0.15) is 5.10 Å². The van der Waals surface area contributed by atoms with Crippen LogP contribution in [0.5, 0.6) is 0 Å². The number of carbonyl (C=O) groups is 1. The third-order valence-electron chi connectivity index (χ3n) is 6.19. The molecule has 4 N–H and O–H groups in total. The van der Waals surface area contributed by atoms with Gasteiger partial charge < -0.3 is 15.7 Å². The first-order chi connectivity index (χ1) is 17.9. The van der Waals surface area contributed by atoms with Crippen molar-refractivity contribution < 1.29 is 13.6 Å². The number of benzene rings is 3. The third kappa shape index (κ3) is 3.96. The maximum absolute atomic E-state index is 14.0. The lowest BCUT2D eigenvalue weighted by atomic mass is 10.0. The van der Waals surface area contributed by atoms with Crippen LogP contribution in [0.15, 0.2) is 79.0 Å². The van der Waals surface area contributed by atoms with Crippen LogP contribution < -0.4 is 5.73 Å². The van der Waals surface area contributed by atoms with Crippen LogP contribution in [0.1, 0.15) is 21.9 Å². The Labute approximate surface area is 209 Å².